The third kappa shape index (κ3) is 4.12. The van der Waals surface area contributed by atoms with Crippen molar-refractivity contribution in [2.24, 2.45) is 0 Å². The monoisotopic (exact) mass is 211 g/mol. The molecule has 0 fully saturated rings. The third-order valence-corrected chi connectivity index (χ3v) is 2.14. The molecule has 0 spiro atoms. The molecule has 78 valence electrons. The Morgan fingerprint density at radius 1 is 1.21 bits per heavy atom. The molecule has 0 aliphatic rings. The van der Waals surface area contributed by atoms with Gasteiger partial charge in [0.25, 0.3) is 0 Å². The van der Waals surface area contributed by atoms with Gasteiger partial charge in [0.15, 0.2) is 0 Å². The Labute approximate surface area is 91.5 Å². The molecule has 2 heteroatoms. The van der Waals surface area contributed by atoms with Crippen molar-refractivity contribution in [1.29, 1.82) is 0 Å². The lowest BCUT2D eigenvalue weighted by molar-refractivity contribution is 0.424. The van der Waals surface area contributed by atoms with Gasteiger partial charge >= 0.3 is 0 Å². The molecule has 0 aliphatic carbocycles. The van der Waals surface area contributed by atoms with Gasteiger partial charge in [0.1, 0.15) is 0 Å². The summed E-state index contributed by atoms with van der Waals surface area (Å²) in [5.41, 5.74) is 2.60. The van der Waals surface area contributed by atoms with E-state index < -0.39 is 0 Å². The molecular formula is C12H18ClN. The maximum atomic E-state index is 5.97. The first-order valence-corrected chi connectivity index (χ1v) is 5.26. The predicted molar refractivity (Wildman–Crippen MR) is 62.8 cm³/mol. The summed E-state index contributed by atoms with van der Waals surface area (Å²) < 4.78 is 0. The van der Waals surface area contributed by atoms with E-state index in [-0.39, 0.29) is 5.54 Å². The molecule has 0 saturated heterocycles. The second kappa shape index (κ2) is 4.33. The summed E-state index contributed by atoms with van der Waals surface area (Å²) in [6, 6.07) is 6.14. The Morgan fingerprint density at radius 2 is 1.86 bits per heavy atom. The molecule has 1 rings (SSSR count). The molecule has 0 heterocycles. The largest absolute Gasteiger partial charge is 0.308 e. The van der Waals surface area contributed by atoms with Gasteiger partial charge in [-0.3, -0.25) is 0 Å². The van der Waals surface area contributed by atoms with Gasteiger partial charge in [-0.15, -0.1) is 0 Å². The molecule has 0 radical (unpaired) electrons. The minimum atomic E-state index is 0.149. The lowest BCUT2D eigenvalue weighted by Crippen LogP contribution is -2.35. The highest BCUT2D eigenvalue weighted by Gasteiger charge is 2.08. The zero-order chi connectivity index (χ0) is 10.8. The highest BCUT2D eigenvalue weighted by atomic mass is 35.5. The van der Waals surface area contributed by atoms with Crippen LogP contribution in [0.15, 0.2) is 18.2 Å². The zero-order valence-electron chi connectivity index (χ0n) is 9.32. The quantitative estimate of drug-likeness (QED) is 0.789. The fourth-order valence-corrected chi connectivity index (χ4v) is 1.59. The number of benzene rings is 1. The van der Waals surface area contributed by atoms with Gasteiger partial charge in [-0.2, -0.15) is 0 Å². The molecule has 0 atom stereocenters. The van der Waals surface area contributed by atoms with Gasteiger partial charge in [0.05, 0.1) is 0 Å². The lowest BCUT2D eigenvalue weighted by Gasteiger charge is -2.20. The van der Waals surface area contributed by atoms with E-state index in [1.54, 1.807) is 0 Å². The maximum Gasteiger partial charge on any atom is 0.0411 e. The van der Waals surface area contributed by atoms with E-state index in [4.69, 9.17) is 11.6 Å². The normalized spacial score (nSPS) is 11.8. The second-order valence-electron chi connectivity index (χ2n) is 4.74. The Balaban J connectivity index is 2.68. The van der Waals surface area contributed by atoms with E-state index >= 15 is 0 Å². The van der Waals surface area contributed by atoms with E-state index in [2.05, 4.69) is 39.1 Å². The molecular weight excluding hydrogens is 194 g/mol. The van der Waals surface area contributed by atoms with Crippen molar-refractivity contribution in [1.82, 2.24) is 5.32 Å². The fraction of sp³-hybridized carbons (Fsp3) is 0.500. The molecule has 1 aromatic carbocycles. The van der Waals surface area contributed by atoms with Crippen LogP contribution >= 0.6 is 11.6 Å². The van der Waals surface area contributed by atoms with Crippen molar-refractivity contribution in [3.05, 3.63) is 34.3 Å². The Morgan fingerprint density at radius 3 is 2.36 bits per heavy atom. The molecule has 1 nitrogen and oxygen atoms in total. The summed E-state index contributed by atoms with van der Waals surface area (Å²) in [4.78, 5) is 0. The number of hydrogen-bond donors (Lipinski definition) is 1. The van der Waals surface area contributed by atoms with E-state index in [1.165, 1.54) is 11.1 Å². The van der Waals surface area contributed by atoms with Gasteiger partial charge < -0.3 is 5.32 Å². The topological polar surface area (TPSA) is 12.0 Å². The average molecular weight is 212 g/mol. The number of rotatable bonds is 2. The van der Waals surface area contributed by atoms with Crippen molar-refractivity contribution < 1.29 is 0 Å². The first-order valence-electron chi connectivity index (χ1n) is 4.88. The molecule has 14 heavy (non-hydrogen) atoms. The van der Waals surface area contributed by atoms with E-state index in [0.29, 0.717) is 0 Å². The first-order chi connectivity index (χ1) is 6.37. The smallest absolute Gasteiger partial charge is 0.0411 e. The first kappa shape index (κ1) is 11.5. The van der Waals surface area contributed by atoms with Gasteiger partial charge in [0, 0.05) is 17.1 Å². The van der Waals surface area contributed by atoms with Crippen molar-refractivity contribution >= 4 is 11.6 Å². The van der Waals surface area contributed by atoms with Crippen LogP contribution < -0.4 is 5.32 Å². The second-order valence-corrected chi connectivity index (χ2v) is 5.18. The molecule has 1 aromatic rings. The van der Waals surface area contributed by atoms with Crippen molar-refractivity contribution in [2.75, 3.05) is 0 Å². The number of aryl methyl sites for hydroxylation is 1. The Kier molecular flexibility index (Phi) is 3.57. The minimum Gasteiger partial charge on any atom is -0.308 e. The van der Waals surface area contributed by atoms with Crippen molar-refractivity contribution in [2.45, 2.75) is 39.8 Å². The Hall–Kier alpha value is -0.530. The molecule has 0 unspecified atom stereocenters. The van der Waals surface area contributed by atoms with Crippen molar-refractivity contribution in [3.8, 4) is 0 Å². The van der Waals surface area contributed by atoms with Gasteiger partial charge in [-0.05, 0) is 51.0 Å². The summed E-state index contributed by atoms with van der Waals surface area (Å²) >= 11 is 5.97. The summed E-state index contributed by atoms with van der Waals surface area (Å²) in [6.45, 7) is 9.40. The summed E-state index contributed by atoms with van der Waals surface area (Å²) in [7, 11) is 0. The highest BCUT2D eigenvalue weighted by Crippen LogP contribution is 2.15. The SMILES string of the molecule is Cc1cc(Cl)cc(CNC(C)(C)C)c1. The van der Waals surface area contributed by atoms with Crippen LogP contribution in [0, 0.1) is 6.92 Å². The zero-order valence-corrected chi connectivity index (χ0v) is 10.1. The van der Waals surface area contributed by atoms with Gasteiger partial charge in [-0.1, -0.05) is 17.7 Å². The molecule has 0 bridgehead atoms. The third-order valence-electron chi connectivity index (χ3n) is 1.92. The van der Waals surface area contributed by atoms with Gasteiger partial charge in [0.2, 0.25) is 0 Å². The molecule has 0 aliphatic heterocycles. The summed E-state index contributed by atoms with van der Waals surface area (Å²) in [6.07, 6.45) is 0. The van der Waals surface area contributed by atoms with E-state index in [0.717, 1.165) is 11.6 Å². The molecule has 0 aromatic heterocycles. The number of nitrogens with one attached hydrogen (secondary N) is 1. The summed E-state index contributed by atoms with van der Waals surface area (Å²) in [5.74, 6) is 0. The molecule has 1 N–H and O–H groups in total. The van der Waals surface area contributed by atoms with E-state index in [9.17, 15) is 0 Å². The molecule has 0 saturated carbocycles. The fourth-order valence-electron chi connectivity index (χ4n) is 1.28. The van der Waals surface area contributed by atoms with Crippen LogP contribution in [0.5, 0.6) is 0 Å². The highest BCUT2D eigenvalue weighted by molar-refractivity contribution is 6.30. The van der Waals surface area contributed by atoms with Crippen LogP contribution in [-0.4, -0.2) is 5.54 Å². The van der Waals surface area contributed by atoms with Crippen LogP contribution in [0.2, 0.25) is 5.02 Å². The number of hydrogen-bond acceptors (Lipinski definition) is 1. The van der Waals surface area contributed by atoms with Crippen molar-refractivity contribution in [3.63, 3.8) is 0 Å². The molecule has 0 amide bonds. The minimum absolute atomic E-state index is 0.149. The standard InChI is InChI=1S/C12H18ClN/c1-9-5-10(7-11(13)6-9)8-14-12(2,3)4/h5-7,14H,8H2,1-4H3. The van der Waals surface area contributed by atoms with Gasteiger partial charge in [-0.25, -0.2) is 0 Å². The van der Waals surface area contributed by atoms with Crippen LogP contribution in [0.4, 0.5) is 0 Å². The van der Waals surface area contributed by atoms with E-state index in [1.807, 2.05) is 12.1 Å². The lowest BCUT2D eigenvalue weighted by atomic mass is 10.1. The summed E-state index contributed by atoms with van der Waals surface area (Å²) in [5, 5.41) is 4.25. The van der Waals surface area contributed by atoms with Crippen LogP contribution in [0.25, 0.3) is 0 Å². The maximum absolute atomic E-state index is 5.97. The van der Waals surface area contributed by atoms with Crippen LogP contribution in [-0.2, 0) is 6.54 Å². The predicted octanol–water partition coefficient (Wildman–Crippen LogP) is 3.54. The Bertz CT molecular complexity index is 292. The average Bonchev–Trinajstić information content (AvgIpc) is 1.97. The van der Waals surface area contributed by atoms with Crippen LogP contribution in [0.1, 0.15) is 31.9 Å². The number of halogens is 1. The van der Waals surface area contributed by atoms with Crippen LogP contribution in [0.3, 0.4) is 0 Å².